The standard InChI is InChI=1S/C9H11N3O3/c1-10-9(13)6-11-7-3-2-4-8(5-7)12(14)15/h2-5,11H,6H2,1H3,(H,10,13). The van der Waals surface area contributed by atoms with Crippen molar-refractivity contribution in [3.63, 3.8) is 0 Å². The van der Waals surface area contributed by atoms with Gasteiger partial charge in [0, 0.05) is 24.9 Å². The molecule has 6 heteroatoms. The van der Waals surface area contributed by atoms with Crippen LogP contribution in [0.15, 0.2) is 24.3 Å². The molecule has 6 nitrogen and oxygen atoms in total. The lowest BCUT2D eigenvalue weighted by atomic mass is 10.3. The van der Waals surface area contributed by atoms with Crippen LogP contribution in [0.4, 0.5) is 11.4 Å². The zero-order valence-corrected chi connectivity index (χ0v) is 8.19. The fourth-order valence-corrected chi connectivity index (χ4v) is 1.00. The van der Waals surface area contributed by atoms with Crippen LogP contribution >= 0.6 is 0 Å². The molecule has 1 amide bonds. The molecule has 0 spiro atoms. The Morgan fingerprint density at radius 2 is 2.27 bits per heavy atom. The van der Waals surface area contributed by atoms with E-state index in [1.807, 2.05) is 0 Å². The van der Waals surface area contributed by atoms with E-state index in [0.717, 1.165) is 0 Å². The fraction of sp³-hybridized carbons (Fsp3) is 0.222. The number of carbonyl (C=O) groups is 1. The Morgan fingerprint density at radius 1 is 1.53 bits per heavy atom. The van der Waals surface area contributed by atoms with Gasteiger partial charge in [-0.15, -0.1) is 0 Å². The van der Waals surface area contributed by atoms with E-state index in [4.69, 9.17) is 0 Å². The number of rotatable bonds is 4. The minimum atomic E-state index is -0.481. The van der Waals surface area contributed by atoms with Gasteiger partial charge in [0.2, 0.25) is 5.91 Å². The van der Waals surface area contributed by atoms with Crippen LogP contribution in [0.25, 0.3) is 0 Å². The second kappa shape index (κ2) is 4.94. The lowest BCUT2D eigenvalue weighted by molar-refractivity contribution is -0.384. The molecule has 0 saturated heterocycles. The predicted molar refractivity (Wildman–Crippen MR) is 55.7 cm³/mol. The van der Waals surface area contributed by atoms with Gasteiger partial charge in [-0.25, -0.2) is 0 Å². The second-order valence-corrected chi connectivity index (χ2v) is 2.83. The molecule has 80 valence electrons. The Hall–Kier alpha value is -2.11. The molecule has 0 aliphatic rings. The number of nitrogens with one attached hydrogen (secondary N) is 2. The van der Waals surface area contributed by atoms with Crippen molar-refractivity contribution in [2.75, 3.05) is 18.9 Å². The maximum Gasteiger partial charge on any atom is 0.271 e. The maximum absolute atomic E-state index is 10.9. The van der Waals surface area contributed by atoms with Gasteiger partial charge in [0.15, 0.2) is 0 Å². The average Bonchev–Trinajstić information content (AvgIpc) is 2.26. The summed E-state index contributed by atoms with van der Waals surface area (Å²) in [5, 5.41) is 15.7. The Labute approximate surface area is 86.4 Å². The van der Waals surface area contributed by atoms with Crippen molar-refractivity contribution < 1.29 is 9.72 Å². The van der Waals surface area contributed by atoms with E-state index in [9.17, 15) is 14.9 Å². The first-order valence-corrected chi connectivity index (χ1v) is 4.32. The van der Waals surface area contributed by atoms with Crippen molar-refractivity contribution in [1.29, 1.82) is 0 Å². The molecular formula is C9H11N3O3. The number of hydrogen-bond donors (Lipinski definition) is 2. The highest BCUT2D eigenvalue weighted by Gasteiger charge is 2.05. The van der Waals surface area contributed by atoms with Gasteiger partial charge in [-0.2, -0.15) is 0 Å². The molecule has 0 heterocycles. The number of nitro benzene ring substituents is 1. The van der Waals surface area contributed by atoms with Crippen LogP contribution in [0.1, 0.15) is 0 Å². The molecule has 0 radical (unpaired) electrons. The Kier molecular flexibility index (Phi) is 3.61. The van der Waals surface area contributed by atoms with Crippen molar-refractivity contribution in [3.8, 4) is 0 Å². The molecule has 0 bridgehead atoms. The smallest absolute Gasteiger partial charge is 0.271 e. The monoisotopic (exact) mass is 209 g/mol. The first-order valence-electron chi connectivity index (χ1n) is 4.32. The van der Waals surface area contributed by atoms with E-state index in [0.29, 0.717) is 5.69 Å². The molecule has 0 aliphatic carbocycles. The van der Waals surface area contributed by atoms with Crippen molar-refractivity contribution in [1.82, 2.24) is 5.32 Å². The van der Waals surface area contributed by atoms with Crippen LogP contribution in [-0.2, 0) is 4.79 Å². The van der Waals surface area contributed by atoms with E-state index in [1.54, 1.807) is 12.1 Å². The van der Waals surface area contributed by atoms with E-state index >= 15 is 0 Å². The highest BCUT2D eigenvalue weighted by atomic mass is 16.6. The van der Waals surface area contributed by atoms with Crippen LogP contribution < -0.4 is 10.6 Å². The summed E-state index contributed by atoms with van der Waals surface area (Å²) < 4.78 is 0. The number of nitrogens with zero attached hydrogens (tertiary/aromatic N) is 1. The third-order valence-corrected chi connectivity index (χ3v) is 1.79. The minimum absolute atomic E-state index is 0.00286. The van der Waals surface area contributed by atoms with Crippen molar-refractivity contribution >= 4 is 17.3 Å². The number of anilines is 1. The summed E-state index contributed by atoms with van der Waals surface area (Å²) in [6.45, 7) is 0.0949. The third kappa shape index (κ3) is 3.26. The molecule has 0 fully saturated rings. The van der Waals surface area contributed by atoms with Crippen molar-refractivity contribution in [2.24, 2.45) is 0 Å². The Bertz CT molecular complexity index is 379. The Balaban J connectivity index is 2.66. The van der Waals surface area contributed by atoms with Crippen LogP contribution in [0.3, 0.4) is 0 Å². The van der Waals surface area contributed by atoms with Crippen molar-refractivity contribution in [2.45, 2.75) is 0 Å². The summed E-state index contributed by atoms with van der Waals surface area (Å²) in [6.07, 6.45) is 0. The largest absolute Gasteiger partial charge is 0.376 e. The summed E-state index contributed by atoms with van der Waals surface area (Å²) >= 11 is 0. The molecule has 1 aromatic rings. The van der Waals surface area contributed by atoms with E-state index in [1.165, 1.54) is 19.2 Å². The van der Waals surface area contributed by atoms with Gasteiger partial charge in [0.05, 0.1) is 11.5 Å². The highest BCUT2D eigenvalue weighted by molar-refractivity contribution is 5.80. The average molecular weight is 209 g/mol. The Morgan fingerprint density at radius 3 is 2.87 bits per heavy atom. The number of carbonyl (C=O) groups excluding carboxylic acids is 1. The number of non-ortho nitro benzene ring substituents is 1. The quantitative estimate of drug-likeness (QED) is 0.566. The maximum atomic E-state index is 10.9. The van der Waals surface area contributed by atoms with E-state index < -0.39 is 4.92 Å². The summed E-state index contributed by atoms with van der Waals surface area (Å²) in [6, 6.07) is 5.99. The molecule has 1 aromatic carbocycles. The molecule has 0 saturated carbocycles. The molecular weight excluding hydrogens is 198 g/mol. The first kappa shape index (κ1) is 11.0. The molecule has 0 aromatic heterocycles. The lowest BCUT2D eigenvalue weighted by Crippen LogP contribution is -2.26. The van der Waals surface area contributed by atoms with E-state index in [2.05, 4.69) is 10.6 Å². The SMILES string of the molecule is CNC(=O)CNc1cccc([N+](=O)[O-])c1. The van der Waals surface area contributed by atoms with Crippen molar-refractivity contribution in [3.05, 3.63) is 34.4 Å². The molecule has 2 N–H and O–H groups in total. The minimum Gasteiger partial charge on any atom is -0.376 e. The summed E-state index contributed by atoms with van der Waals surface area (Å²) in [5.41, 5.74) is 0.546. The van der Waals surface area contributed by atoms with E-state index in [-0.39, 0.29) is 18.1 Å². The topological polar surface area (TPSA) is 84.3 Å². The molecule has 15 heavy (non-hydrogen) atoms. The van der Waals surface area contributed by atoms with Gasteiger partial charge in [0.25, 0.3) is 5.69 Å². The normalized spacial score (nSPS) is 9.40. The zero-order valence-electron chi connectivity index (χ0n) is 8.19. The highest BCUT2D eigenvalue weighted by Crippen LogP contribution is 2.16. The number of likely N-dealkylation sites (N-methyl/N-ethyl adjacent to an activating group) is 1. The van der Waals surface area contributed by atoms with Gasteiger partial charge in [-0.05, 0) is 6.07 Å². The molecule has 0 aliphatic heterocycles. The molecule has 0 unspecified atom stereocenters. The van der Waals surface area contributed by atoms with Crippen LogP contribution in [0, 0.1) is 10.1 Å². The summed E-state index contributed by atoms with van der Waals surface area (Å²) in [7, 11) is 1.53. The van der Waals surface area contributed by atoms with Gasteiger partial charge in [0.1, 0.15) is 0 Å². The van der Waals surface area contributed by atoms with Gasteiger partial charge in [-0.1, -0.05) is 6.07 Å². The summed E-state index contributed by atoms with van der Waals surface area (Å²) in [4.78, 5) is 20.9. The molecule has 1 rings (SSSR count). The lowest BCUT2D eigenvalue weighted by Gasteiger charge is -2.04. The molecule has 0 atom stereocenters. The van der Waals surface area contributed by atoms with Crippen LogP contribution in [0.5, 0.6) is 0 Å². The third-order valence-electron chi connectivity index (χ3n) is 1.79. The number of nitro groups is 1. The number of hydrogen-bond acceptors (Lipinski definition) is 4. The fourth-order valence-electron chi connectivity index (χ4n) is 1.00. The van der Waals surface area contributed by atoms with Crippen LogP contribution in [-0.4, -0.2) is 24.4 Å². The number of benzene rings is 1. The first-order chi connectivity index (χ1) is 7.13. The van der Waals surface area contributed by atoms with Gasteiger partial charge in [-0.3, -0.25) is 14.9 Å². The predicted octanol–water partition coefficient (Wildman–Crippen LogP) is 0.753. The van der Waals surface area contributed by atoms with Crippen LogP contribution in [0.2, 0.25) is 0 Å². The number of amides is 1. The van der Waals surface area contributed by atoms with Gasteiger partial charge < -0.3 is 10.6 Å². The second-order valence-electron chi connectivity index (χ2n) is 2.83. The summed E-state index contributed by atoms with van der Waals surface area (Å²) in [5.74, 6) is -0.179. The van der Waals surface area contributed by atoms with Gasteiger partial charge >= 0.3 is 0 Å². The zero-order chi connectivity index (χ0) is 11.3.